The second-order valence-electron chi connectivity index (χ2n) is 4.46. The molecule has 0 atom stereocenters. The summed E-state index contributed by atoms with van der Waals surface area (Å²) in [6.45, 7) is 0. The summed E-state index contributed by atoms with van der Waals surface area (Å²) in [5.41, 5.74) is 0.535. The van der Waals surface area contributed by atoms with Gasteiger partial charge in [0, 0.05) is 14.8 Å². The van der Waals surface area contributed by atoms with Gasteiger partial charge in [-0.05, 0) is 71.2 Å². The van der Waals surface area contributed by atoms with Crippen LogP contribution in [0.2, 0.25) is 0 Å². The molecule has 2 rings (SSSR count). The highest BCUT2D eigenvalue weighted by Crippen LogP contribution is 2.21. The number of rotatable bonds is 3. The van der Waals surface area contributed by atoms with E-state index in [1.807, 2.05) is 6.07 Å². The third-order valence-corrected chi connectivity index (χ3v) is 3.67. The highest BCUT2D eigenvalue weighted by atomic mass is 127. The molecule has 2 aromatic rings. The predicted molar refractivity (Wildman–Crippen MR) is 97.9 cm³/mol. The minimum atomic E-state index is -1.26. The van der Waals surface area contributed by atoms with E-state index in [1.54, 1.807) is 18.2 Å². The van der Waals surface area contributed by atoms with Crippen molar-refractivity contribution in [1.82, 2.24) is 5.32 Å². The molecular weight excluding hydrogens is 431 g/mol. The Balaban J connectivity index is 2.06. The lowest BCUT2D eigenvalue weighted by Crippen LogP contribution is -2.34. The number of hydrogen-bond acceptors (Lipinski definition) is 4. The average Bonchev–Trinajstić information content (AvgIpc) is 2.48. The van der Waals surface area contributed by atoms with Gasteiger partial charge in [-0.3, -0.25) is 10.1 Å². The fraction of sp³-hybridized carbons (Fsp3) is 0. The Morgan fingerprint density at radius 3 is 2.52 bits per heavy atom. The number of benzene rings is 2. The normalized spacial score (nSPS) is 9.96. The molecule has 0 fully saturated rings. The summed E-state index contributed by atoms with van der Waals surface area (Å²) in [7, 11) is 0. The van der Waals surface area contributed by atoms with Crippen molar-refractivity contribution in [3.05, 3.63) is 57.2 Å². The van der Waals surface area contributed by atoms with Crippen molar-refractivity contribution >= 4 is 57.5 Å². The van der Waals surface area contributed by atoms with Crippen LogP contribution in [-0.2, 0) is 0 Å². The van der Waals surface area contributed by atoms with Gasteiger partial charge in [-0.25, -0.2) is 4.79 Å². The molecule has 0 aromatic heterocycles. The Labute approximate surface area is 150 Å². The van der Waals surface area contributed by atoms with Crippen molar-refractivity contribution in [2.24, 2.45) is 0 Å². The minimum absolute atomic E-state index is 0.0240. The third kappa shape index (κ3) is 4.63. The number of phenols is 1. The van der Waals surface area contributed by atoms with Crippen LogP contribution in [0.25, 0.3) is 0 Å². The first-order chi connectivity index (χ1) is 10.9. The van der Waals surface area contributed by atoms with Gasteiger partial charge >= 0.3 is 5.97 Å². The molecule has 0 aliphatic rings. The number of aromatic hydroxyl groups is 1. The number of carboxylic acids is 1. The SMILES string of the molecule is O=C(NC(=S)Nc1ccc(O)c(C(=O)O)c1)c1cccc(I)c1. The van der Waals surface area contributed by atoms with Crippen LogP contribution in [-0.4, -0.2) is 27.2 Å². The smallest absolute Gasteiger partial charge is 0.339 e. The second-order valence-corrected chi connectivity index (χ2v) is 6.11. The summed E-state index contributed by atoms with van der Waals surface area (Å²) in [6.07, 6.45) is 0. The van der Waals surface area contributed by atoms with E-state index in [2.05, 4.69) is 33.2 Å². The van der Waals surface area contributed by atoms with Crippen LogP contribution in [0.4, 0.5) is 5.69 Å². The van der Waals surface area contributed by atoms with Gasteiger partial charge in [-0.1, -0.05) is 6.07 Å². The number of halogens is 1. The summed E-state index contributed by atoms with van der Waals surface area (Å²) < 4.78 is 0.916. The standard InChI is InChI=1S/C15H11IN2O4S/c16-9-3-1-2-8(6-9)13(20)18-15(23)17-10-4-5-12(19)11(7-10)14(21)22/h1-7,19H,(H,21,22)(H2,17,18,20,23). The van der Waals surface area contributed by atoms with Gasteiger partial charge in [0.1, 0.15) is 11.3 Å². The van der Waals surface area contributed by atoms with E-state index in [9.17, 15) is 14.7 Å². The summed E-state index contributed by atoms with van der Waals surface area (Å²) in [5, 5.41) is 23.6. The Hall–Kier alpha value is -2.20. The molecule has 1 amide bonds. The second kappa shape index (κ2) is 7.38. The number of carbonyl (C=O) groups is 2. The largest absolute Gasteiger partial charge is 0.507 e. The van der Waals surface area contributed by atoms with Crippen molar-refractivity contribution in [3.8, 4) is 5.75 Å². The lowest BCUT2D eigenvalue weighted by molar-refractivity contribution is 0.0693. The molecule has 0 unspecified atom stereocenters. The molecule has 0 aliphatic heterocycles. The lowest BCUT2D eigenvalue weighted by Gasteiger charge is -2.11. The van der Waals surface area contributed by atoms with Crippen molar-refractivity contribution in [1.29, 1.82) is 0 Å². The van der Waals surface area contributed by atoms with Gasteiger partial charge in [0.2, 0.25) is 0 Å². The first kappa shape index (κ1) is 17.2. The molecule has 118 valence electrons. The van der Waals surface area contributed by atoms with E-state index >= 15 is 0 Å². The molecule has 8 heteroatoms. The van der Waals surface area contributed by atoms with E-state index in [1.165, 1.54) is 18.2 Å². The molecule has 0 spiro atoms. The van der Waals surface area contributed by atoms with Crippen LogP contribution in [0.3, 0.4) is 0 Å². The Morgan fingerprint density at radius 2 is 1.87 bits per heavy atom. The first-order valence-corrected chi connectivity index (χ1v) is 7.79. The van der Waals surface area contributed by atoms with Crippen LogP contribution in [0.5, 0.6) is 5.75 Å². The Kier molecular flexibility index (Phi) is 5.50. The maximum absolute atomic E-state index is 12.1. The zero-order chi connectivity index (χ0) is 17.0. The quantitative estimate of drug-likeness (QED) is 0.332. The molecule has 6 nitrogen and oxygen atoms in total. The summed E-state index contributed by atoms with van der Waals surface area (Å²) >= 11 is 7.13. The van der Waals surface area contributed by atoms with Gasteiger partial charge < -0.3 is 15.5 Å². The average molecular weight is 442 g/mol. The Bertz CT molecular complexity index is 795. The van der Waals surface area contributed by atoms with Crippen LogP contribution < -0.4 is 10.6 Å². The van der Waals surface area contributed by atoms with Crippen LogP contribution in [0.15, 0.2) is 42.5 Å². The summed E-state index contributed by atoms with van der Waals surface area (Å²) in [6, 6.07) is 10.9. The van der Waals surface area contributed by atoms with Gasteiger partial charge in [0.05, 0.1) is 0 Å². The highest BCUT2D eigenvalue weighted by molar-refractivity contribution is 14.1. The highest BCUT2D eigenvalue weighted by Gasteiger charge is 2.12. The number of nitrogens with one attached hydrogen (secondary N) is 2. The molecule has 0 saturated heterocycles. The van der Waals surface area contributed by atoms with E-state index in [0.717, 1.165) is 3.57 Å². The Morgan fingerprint density at radius 1 is 1.13 bits per heavy atom. The van der Waals surface area contributed by atoms with E-state index in [-0.39, 0.29) is 22.3 Å². The van der Waals surface area contributed by atoms with Crippen molar-refractivity contribution in [2.45, 2.75) is 0 Å². The minimum Gasteiger partial charge on any atom is -0.507 e. The van der Waals surface area contributed by atoms with Gasteiger partial charge in [-0.2, -0.15) is 0 Å². The molecule has 0 bridgehead atoms. The van der Waals surface area contributed by atoms with E-state index in [4.69, 9.17) is 17.3 Å². The third-order valence-electron chi connectivity index (χ3n) is 2.80. The molecule has 0 heterocycles. The lowest BCUT2D eigenvalue weighted by atomic mass is 10.2. The van der Waals surface area contributed by atoms with Crippen molar-refractivity contribution < 1.29 is 19.8 Å². The van der Waals surface area contributed by atoms with Crippen LogP contribution in [0, 0.1) is 3.57 Å². The molecule has 23 heavy (non-hydrogen) atoms. The molecular formula is C15H11IN2O4S. The molecule has 0 saturated carbocycles. The zero-order valence-corrected chi connectivity index (χ0v) is 14.5. The van der Waals surface area contributed by atoms with Crippen LogP contribution in [0.1, 0.15) is 20.7 Å². The van der Waals surface area contributed by atoms with Crippen molar-refractivity contribution in [2.75, 3.05) is 5.32 Å². The van der Waals surface area contributed by atoms with Crippen molar-refractivity contribution in [3.63, 3.8) is 0 Å². The molecule has 2 aromatic carbocycles. The van der Waals surface area contributed by atoms with E-state index < -0.39 is 5.97 Å². The van der Waals surface area contributed by atoms with Gasteiger partial charge in [0.15, 0.2) is 5.11 Å². The fourth-order valence-corrected chi connectivity index (χ4v) is 2.51. The molecule has 0 aliphatic carbocycles. The molecule has 0 radical (unpaired) electrons. The first-order valence-electron chi connectivity index (χ1n) is 6.31. The number of thiocarbonyl (C=S) groups is 1. The van der Waals surface area contributed by atoms with Crippen LogP contribution >= 0.6 is 34.8 Å². The number of amides is 1. The maximum Gasteiger partial charge on any atom is 0.339 e. The van der Waals surface area contributed by atoms with Gasteiger partial charge in [-0.15, -0.1) is 0 Å². The summed E-state index contributed by atoms with van der Waals surface area (Å²) in [4.78, 5) is 23.0. The number of carboxylic acid groups (broad SMARTS) is 1. The number of aromatic carboxylic acids is 1. The van der Waals surface area contributed by atoms with Gasteiger partial charge in [0.25, 0.3) is 5.91 Å². The predicted octanol–water partition coefficient (Wildman–Crippen LogP) is 2.82. The monoisotopic (exact) mass is 442 g/mol. The number of anilines is 1. The fourth-order valence-electron chi connectivity index (χ4n) is 1.75. The number of hydrogen-bond donors (Lipinski definition) is 4. The van der Waals surface area contributed by atoms with E-state index in [0.29, 0.717) is 11.3 Å². The number of carbonyl (C=O) groups excluding carboxylic acids is 1. The maximum atomic E-state index is 12.1. The zero-order valence-electron chi connectivity index (χ0n) is 11.5. The molecule has 4 N–H and O–H groups in total. The summed E-state index contributed by atoms with van der Waals surface area (Å²) in [5.74, 6) is -1.99. The topological polar surface area (TPSA) is 98.7 Å².